The molecule has 1 N–H and O–H groups in total. The molecule has 0 aromatic heterocycles. The highest BCUT2D eigenvalue weighted by atomic mass is 79.9. The fraction of sp³-hybridized carbons (Fsp3) is 0.250. The normalized spacial score (nSPS) is 11.6. The van der Waals surface area contributed by atoms with Gasteiger partial charge in [0.15, 0.2) is 0 Å². The first-order valence-electron chi connectivity index (χ1n) is 3.67. The molecular weight excluding hydrogens is 254 g/mol. The molecule has 0 aliphatic rings. The summed E-state index contributed by atoms with van der Waals surface area (Å²) in [6, 6.07) is 5.05. The summed E-state index contributed by atoms with van der Waals surface area (Å²) in [4.78, 5) is 0.318. The second-order valence-corrected chi connectivity index (χ2v) is 5.39. The Balaban J connectivity index is 3.33. The Morgan fingerprint density at radius 3 is 2.46 bits per heavy atom. The molecule has 13 heavy (non-hydrogen) atoms. The molecule has 1 aromatic carbocycles. The first-order valence-corrected chi connectivity index (χ1v) is 5.94. The molecule has 0 amide bonds. The maximum Gasteiger partial charge on any atom is 0.240 e. The van der Waals surface area contributed by atoms with Crippen molar-refractivity contribution in [2.45, 2.75) is 11.8 Å². The number of hydrogen-bond donors (Lipinski definition) is 1. The summed E-state index contributed by atoms with van der Waals surface area (Å²) < 4.78 is 26.0. The predicted molar refractivity (Wildman–Crippen MR) is 55.1 cm³/mol. The Morgan fingerprint density at radius 1 is 1.38 bits per heavy atom. The van der Waals surface area contributed by atoms with E-state index in [0.29, 0.717) is 4.90 Å². The first-order chi connectivity index (χ1) is 5.97. The van der Waals surface area contributed by atoms with E-state index in [-0.39, 0.29) is 0 Å². The molecule has 0 bridgehead atoms. The molecule has 0 radical (unpaired) electrons. The highest BCUT2D eigenvalue weighted by molar-refractivity contribution is 9.10. The van der Waals surface area contributed by atoms with E-state index in [4.69, 9.17) is 0 Å². The van der Waals surface area contributed by atoms with Gasteiger partial charge in [-0.1, -0.05) is 15.9 Å². The van der Waals surface area contributed by atoms with Crippen molar-refractivity contribution in [1.82, 2.24) is 4.72 Å². The Morgan fingerprint density at radius 2 is 2.00 bits per heavy atom. The second kappa shape index (κ2) is 3.77. The van der Waals surface area contributed by atoms with Crippen LogP contribution < -0.4 is 4.72 Å². The van der Waals surface area contributed by atoms with E-state index in [1.54, 1.807) is 25.1 Å². The Bertz CT molecular complexity index is 414. The standard InChI is InChI=1S/C8H10BrNO2S/c1-6-5-7(9)3-4-8(6)13(11,12)10-2/h3-5,10H,1-2H3. The fourth-order valence-corrected chi connectivity index (χ4v) is 2.45. The van der Waals surface area contributed by atoms with Crippen molar-refractivity contribution in [3.63, 3.8) is 0 Å². The molecule has 0 spiro atoms. The SMILES string of the molecule is CNS(=O)(=O)c1ccc(Br)cc1C. The van der Waals surface area contributed by atoms with Crippen LogP contribution in [0.3, 0.4) is 0 Å². The number of halogens is 1. The third-order valence-electron chi connectivity index (χ3n) is 1.70. The largest absolute Gasteiger partial charge is 0.240 e. The average Bonchev–Trinajstić information content (AvgIpc) is 2.03. The van der Waals surface area contributed by atoms with E-state index in [1.807, 2.05) is 0 Å². The van der Waals surface area contributed by atoms with Crippen molar-refractivity contribution >= 4 is 26.0 Å². The smallest absolute Gasteiger partial charge is 0.214 e. The molecule has 0 unspecified atom stereocenters. The van der Waals surface area contributed by atoms with E-state index in [1.165, 1.54) is 7.05 Å². The molecule has 1 aromatic rings. The maximum absolute atomic E-state index is 11.4. The van der Waals surface area contributed by atoms with Crippen LogP contribution >= 0.6 is 15.9 Å². The zero-order valence-electron chi connectivity index (χ0n) is 7.33. The number of aryl methyl sites for hydroxylation is 1. The Labute approximate surface area is 86.3 Å². The monoisotopic (exact) mass is 263 g/mol. The van der Waals surface area contributed by atoms with Gasteiger partial charge in [-0.15, -0.1) is 0 Å². The van der Waals surface area contributed by atoms with Gasteiger partial charge >= 0.3 is 0 Å². The molecule has 3 nitrogen and oxygen atoms in total. The van der Waals surface area contributed by atoms with Crippen LogP contribution in [0, 0.1) is 6.92 Å². The number of rotatable bonds is 2. The molecule has 5 heteroatoms. The predicted octanol–water partition coefficient (Wildman–Crippen LogP) is 1.67. The molecule has 1 rings (SSSR count). The molecule has 72 valence electrons. The van der Waals surface area contributed by atoms with Gasteiger partial charge in [0.25, 0.3) is 0 Å². The lowest BCUT2D eigenvalue weighted by Crippen LogP contribution is -2.19. The van der Waals surface area contributed by atoms with Gasteiger partial charge in [-0.3, -0.25) is 0 Å². The van der Waals surface area contributed by atoms with Crippen LogP contribution in [0.1, 0.15) is 5.56 Å². The van der Waals surface area contributed by atoms with Gasteiger partial charge < -0.3 is 0 Å². The van der Waals surface area contributed by atoms with E-state index >= 15 is 0 Å². The third kappa shape index (κ3) is 2.30. The summed E-state index contributed by atoms with van der Waals surface area (Å²) >= 11 is 3.27. The summed E-state index contributed by atoms with van der Waals surface area (Å²) in [5, 5.41) is 0. The van der Waals surface area contributed by atoms with Crippen LogP contribution in [0.5, 0.6) is 0 Å². The zero-order chi connectivity index (χ0) is 10.1. The highest BCUT2D eigenvalue weighted by Gasteiger charge is 2.13. The van der Waals surface area contributed by atoms with Gasteiger partial charge in [0.05, 0.1) is 4.90 Å². The van der Waals surface area contributed by atoms with E-state index in [9.17, 15) is 8.42 Å². The van der Waals surface area contributed by atoms with E-state index in [2.05, 4.69) is 20.7 Å². The number of hydrogen-bond acceptors (Lipinski definition) is 2. The molecule has 0 saturated heterocycles. The highest BCUT2D eigenvalue weighted by Crippen LogP contribution is 2.19. The van der Waals surface area contributed by atoms with Gasteiger partial charge in [-0.05, 0) is 37.7 Å². The van der Waals surface area contributed by atoms with Gasteiger partial charge in [0.2, 0.25) is 10.0 Å². The summed E-state index contributed by atoms with van der Waals surface area (Å²) in [5.74, 6) is 0. The lowest BCUT2D eigenvalue weighted by Gasteiger charge is -2.05. The molecule has 0 aliphatic carbocycles. The number of benzene rings is 1. The quantitative estimate of drug-likeness (QED) is 0.883. The van der Waals surface area contributed by atoms with Crippen LogP contribution in [-0.4, -0.2) is 15.5 Å². The lowest BCUT2D eigenvalue weighted by molar-refractivity contribution is 0.587. The fourth-order valence-electron chi connectivity index (χ4n) is 1.02. The second-order valence-electron chi connectivity index (χ2n) is 2.62. The van der Waals surface area contributed by atoms with Crippen molar-refractivity contribution in [3.05, 3.63) is 28.2 Å². The van der Waals surface area contributed by atoms with Crippen molar-refractivity contribution in [1.29, 1.82) is 0 Å². The van der Waals surface area contributed by atoms with Gasteiger partial charge in [-0.25, -0.2) is 13.1 Å². The minimum atomic E-state index is -3.32. The van der Waals surface area contributed by atoms with Crippen LogP contribution in [-0.2, 0) is 10.0 Å². The molecule has 0 fully saturated rings. The van der Waals surface area contributed by atoms with Crippen molar-refractivity contribution in [3.8, 4) is 0 Å². The molecular formula is C8H10BrNO2S. The van der Waals surface area contributed by atoms with Crippen molar-refractivity contribution < 1.29 is 8.42 Å². The Hall–Kier alpha value is -0.390. The zero-order valence-corrected chi connectivity index (χ0v) is 9.74. The lowest BCUT2D eigenvalue weighted by atomic mass is 10.2. The topological polar surface area (TPSA) is 46.2 Å². The van der Waals surface area contributed by atoms with Crippen molar-refractivity contribution in [2.75, 3.05) is 7.05 Å². The maximum atomic E-state index is 11.4. The molecule has 0 aliphatic heterocycles. The minimum absolute atomic E-state index is 0.318. The van der Waals surface area contributed by atoms with Gasteiger partial charge in [0, 0.05) is 4.47 Å². The van der Waals surface area contributed by atoms with Crippen LogP contribution in [0.2, 0.25) is 0 Å². The first kappa shape index (κ1) is 10.7. The summed E-state index contributed by atoms with van der Waals surface area (Å²) in [5.41, 5.74) is 0.726. The van der Waals surface area contributed by atoms with E-state index in [0.717, 1.165) is 10.0 Å². The minimum Gasteiger partial charge on any atom is -0.214 e. The average molecular weight is 264 g/mol. The summed E-state index contributed by atoms with van der Waals surface area (Å²) in [7, 11) is -1.92. The van der Waals surface area contributed by atoms with Crippen LogP contribution in [0.15, 0.2) is 27.6 Å². The van der Waals surface area contributed by atoms with Gasteiger partial charge in [-0.2, -0.15) is 0 Å². The summed E-state index contributed by atoms with van der Waals surface area (Å²) in [6.45, 7) is 1.76. The van der Waals surface area contributed by atoms with Crippen molar-refractivity contribution in [2.24, 2.45) is 0 Å². The van der Waals surface area contributed by atoms with Crippen LogP contribution in [0.25, 0.3) is 0 Å². The van der Waals surface area contributed by atoms with E-state index < -0.39 is 10.0 Å². The Kier molecular flexibility index (Phi) is 3.10. The van der Waals surface area contributed by atoms with Gasteiger partial charge in [0.1, 0.15) is 0 Å². The third-order valence-corrected chi connectivity index (χ3v) is 3.76. The number of sulfonamides is 1. The number of nitrogens with one attached hydrogen (secondary N) is 1. The molecule has 0 saturated carbocycles. The summed E-state index contributed by atoms with van der Waals surface area (Å²) in [6.07, 6.45) is 0. The van der Waals surface area contributed by atoms with Crippen LogP contribution in [0.4, 0.5) is 0 Å². The molecule has 0 heterocycles. The molecule has 0 atom stereocenters.